The molecule has 0 aliphatic rings. The molecule has 0 aliphatic carbocycles. The van der Waals surface area contributed by atoms with E-state index in [1.807, 2.05) is 6.07 Å². The molecule has 0 unspecified atom stereocenters. The number of benzene rings is 1. The second-order valence-corrected chi connectivity index (χ2v) is 5.80. The average Bonchev–Trinajstić information content (AvgIpc) is 2.47. The summed E-state index contributed by atoms with van der Waals surface area (Å²) in [7, 11) is -0.0494. The minimum absolute atomic E-state index is 0.317. The van der Waals surface area contributed by atoms with E-state index < -0.39 is 7.60 Å². The molecule has 0 heterocycles. The molecule has 1 N–H and O–H groups in total. The van der Waals surface area contributed by atoms with E-state index in [-0.39, 0.29) is 0 Å². The summed E-state index contributed by atoms with van der Waals surface area (Å²) < 4.78 is 32.9. The van der Waals surface area contributed by atoms with Crippen molar-refractivity contribution >= 4 is 13.3 Å². The van der Waals surface area contributed by atoms with E-state index in [0.717, 1.165) is 5.69 Å². The zero-order valence-electron chi connectivity index (χ0n) is 12.8. The van der Waals surface area contributed by atoms with Crippen LogP contribution in [0.15, 0.2) is 30.2 Å². The lowest BCUT2D eigenvalue weighted by atomic mass is 10.3. The molecular weight excluding hydrogens is 293 g/mol. The van der Waals surface area contributed by atoms with Crippen molar-refractivity contribution in [3.63, 3.8) is 0 Å². The molecule has 0 saturated carbocycles. The summed E-state index contributed by atoms with van der Waals surface area (Å²) in [4.78, 5) is 0. The van der Waals surface area contributed by atoms with Crippen molar-refractivity contribution in [2.45, 2.75) is 13.8 Å². The topological polar surface area (TPSA) is 66.0 Å². The van der Waals surface area contributed by atoms with E-state index in [1.54, 1.807) is 40.2 Å². The maximum absolute atomic E-state index is 12.2. The lowest BCUT2D eigenvalue weighted by molar-refractivity contribution is 0.229. The van der Waals surface area contributed by atoms with Crippen LogP contribution in [0.5, 0.6) is 11.5 Å². The van der Waals surface area contributed by atoms with E-state index in [1.165, 1.54) is 12.0 Å². The summed E-state index contributed by atoms with van der Waals surface area (Å²) in [6, 6.07) is 5.37. The molecule has 0 bridgehead atoms. The summed E-state index contributed by atoms with van der Waals surface area (Å²) in [5.41, 5.74) is 0.767. The van der Waals surface area contributed by atoms with Crippen LogP contribution in [0.3, 0.4) is 0 Å². The Morgan fingerprint density at radius 2 is 1.71 bits per heavy atom. The van der Waals surface area contributed by atoms with E-state index in [2.05, 4.69) is 5.32 Å². The van der Waals surface area contributed by atoms with E-state index in [9.17, 15) is 4.57 Å². The molecule has 0 aliphatic heterocycles. The van der Waals surface area contributed by atoms with Crippen molar-refractivity contribution in [1.82, 2.24) is 0 Å². The molecule has 0 saturated heterocycles. The molecule has 1 aromatic carbocycles. The molecule has 118 valence electrons. The van der Waals surface area contributed by atoms with Gasteiger partial charge in [0.25, 0.3) is 0 Å². The second-order valence-electron chi connectivity index (χ2n) is 3.91. The lowest BCUT2D eigenvalue weighted by Crippen LogP contribution is -1.95. The van der Waals surface area contributed by atoms with Gasteiger partial charge in [0, 0.05) is 23.8 Å². The highest BCUT2D eigenvalue weighted by molar-refractivity contribution is 7.57. The third kappa shape index (κ3) is 5.42. The first-order valence-corrected chi connectivity index (χ1v) is 8.24. The normalized spacial score (nSPS) is 11.6. The SMILES string of the molecule is CCOP(=O)(/C=C/Nc1ccc(OC)c(OC)c1)OCC. The molecular formula is C14H22NO5P. The molecule has 1 rings (SSSR count). The van der Waals surface area contributed by atoms with Gasteiger partial charge in [-0.15, -0.1) is 0 Å². The Labute approximate surface area is 125 Å². The van der Waals surface area contributed by atoms with Crippen molar-refractivity contribution in [3.05, 3.63) is 30.2 Å². The van der Waals surface area contributed by atoms with Crippen molar-refractivity contribution in [1.29, 1.82) is 0 Å². The average molecular weight is 315 g/mol. The molecule has 0 aromatic heterocycles. The van der Waals surface area contributed by atoms with Gasteiger partial charge in [-0.05, 0) is 26.0 Å². The summed E-state index contributed by atoms with van der Waals surface area (Å²) in [5, 5.41) is 2.99. The van der Waals surface area contributed by atoms with Gasteiger partial charge >= 0.3 is 7.60 Å². The van der Waals surface area contributed by atoms with Crippen molar-refractivity contribution in [3.8, 4) is 11.5 Å². The third-order valence-electron chi connectivity index (χ3n) is 2.51. The highest BCUT2D eigenvalue weighted by Gasteiger charge is 2.18. The second kappa shape index (κ2) is 8.72. The predicted molar refractivity (Wildman–Crippen MR) is 83.2 cm³/mol. The Hall–Kier alpha value is -1.49. The number of hydrogen-bond acceptors (Lipinski definition) is 6. The van der Waals surface area contributed by atoms with Crippen LogP contribution < -0.4 is 14.8 Å². The molecule has 1 aromatic rings. The molecule has 21 heavy (non-hydrogen) atoms. The Balaban J connectivity index is 2.77. The van der Waals surface area contributed by atoms with Crippen LogP contribution in [0, 0.1) is 0 Å². The van der Waals surface area contributed by atoms with Gasteiger partial charge in [0.15, 0.2) is 11.5 Å². The first kappa shape index (κ1) is 17.6. The molecule has 7 heteroatoms. The van der Waals surface area contributed by atoms with Crippen LogP contribution in [-0.2, 0) is 13.6 Å². The van der Waals surface area contributed by atoms with Gasteiger partial charge in [0.1, 0.15) is 0 Å². The Kier molecular flexibility index (Phi) is 7.29. The maximum Gasteiger partial charge on any atom is 0.355 e. The monoisotopic (exact) mass is 315 g/mol. The maximum atomic E-state index is 12.2. The summed E-state index contributed by atoms with van der Waals surface area (Å²) in [6.45, 7) is 4.17. The van der Waals surface area contributed by atoms with Gasteiger partial charge in [0.05, 0.1) is 27.4 Å². The van der Waals surface area contributed by atoms with E-state index >= 15 is 0 Å². The number of methoxy groups -OCH3 is 2. The summed E-state index contributed by atoms with van der Waals surface area (Å²) in [6.07, 6.45) is 1.54. The Morgan fingerprint density at radius 3 is 2.24 bits per heavy atom. The highest BCUT2D eigenvalue weighted by atomic mass is 31.2. The van der Waals surface area contributed by atoms with Crippen molar-refractivity contribution in [2.75, 3.05) is 32.8 Å². The minimum Gasteiger partial charge on any atom is -0.493 e. The van der Waals surface area contributed by atoms with Crippen LogP contribution in [-0.4, -0.2) is 27.4 Å². The van der Waals surface area contributed by atoms with Gasteiger partial charge in [0.2, 0.25) is 0 Å². The Bertz CT molecular complexity index is 508. The number of ether oxygens (including phenoxy) is 2. The van der Waals surface area contributed by atoms with Crippen molar-refractivity contribution < 1.29 is 23.1 Å². The predicted octanol–water partition coefficient (Wildman–Crippen LogP) is 3.85. The van der Waals surface area contributed by atoms with Gasteiger partial charge in [-0.1, -0.05) is 0 Å². The largest absolute Gasteiger partial charge is 0.493 e. The molecule has 0 fully saturated rings. The smallest absolute Gasteiger partial charge is 0.355 e. The molecule has 0 amide bonds. The van der Waals surface area contributed by atoms with Crippen LogP contribution in [0.1, 0.15) is 13.8 Å². The first-order valence-electron chi connectivity index (χ1n) is 6.63. The standard InChI is InChI=1S/C14H22NO5P/c1-5-19-21(16,20-6-2)10-9-15-12-7-8-13(17-3)14(11-12)18-4/h7-11,15H,5-6H2,1-4H3/b10-9+. The fourth-order valence-corrected chi connectivity index (χ4v) is 2.86. The van der Waals surface area contributed by atoms with Crippen LogP contribution >= 0.6 is 7.60 Å². The fourth-order valence-electron chi connectivity index (χ4n) is 1.63. The number of hydrogen-bond donors (Lipinski definition) is 1. The number of anilines is 1. The van der Waals surface area contributed by atoms with Gasteiger partial charge < -0.3 is 23.8 Å². The first-order chi connectivity index (χ1) is 10.1. The summed E-state index contributed by atoms with van der Waals surface area (Å²) >= 11 is 0. The molecule has 0 spiro atoms. The zero-order chi connectivity index (χ0) is 15.7. The molecule has 6 nitrogen and oxygen atoms in total. The third-order valence-corrected chi connectivity index (χ3v) is 4.26. The number of nitrogens with one attached hydrogen (secondary N) is 1. The van der Waals surface area contributed by atoms with Crippen LogP contribution in [0.4, 0.5) is 5.69 Å². The van der Waals surface area contributed by atoms with Crippen molar-refractivity contribution in [2.24, 2.45) is 0 Å². The minimum atomic E-state index is -3.19. The summed E-state index contributed by atoms with van der Waals surface area (Å²) in [5.74, 6) is 2.64. The Morgan fingerprint density at radius 1 is 1.10 bits per heavy atom. The quantitative estimate of drug-likeness (QED) is 0.698. The van der Waals surface area contributed by atoms with E-state index in [4.69, 9.17) is 18.5 Å². The highest BCUT2D eigenvalue weighted by Crippen LogP contribution is 2.49. The van der Waals surface area contributed by atoms with Gasteiger partial charge in [-0.2, -0.15) is 0 Å². The molecule has 0 atom stereocenters. The van der Waals surface area contributed by atoms with E-state index in [0.29, 0.717) is 24.7 Å². The molecule has 0 radical (unpaired) electrons. The lowest BCUT2D eigenvalue weighted by Gasteiger charge is -2.13. The van der Waals surface area contributed by atoms with Crippen LogP contribution in [0.2, 0.25) is 0 Å². The van der Waals surface area contributed by atoms with Gasteiger partial charge in [-0.25, -0.2) is 0 Å². The fraction of sp³-hybridized carbons (Fsp3) is 0.429. The van der Waals surface area contributed by atoms with Gasteiger partial charge in [-0.3, -0.25) is 4.57 Å². The zero-order valence-corrected chi connectivity index (χ0v) is 13.7. The number of rotatable bonds is 9. The van der Waals surface area contributed by atoms with Crippen LogP contribution in [0.25, 0.3) is 0 Å².